The Morgan fingerprint density at radius 1 is 1.19 bits per heavy atom. The lowest BCUT2D eigenvalue weighted by Gasteiger charge is -2.11. The second-order valence-electron chi connectivity index (χ2n) is 4.28. The molecule has 0 radical (unpaired) electrons. The average molecular weight is 366 g/mol. The fraction of sp³-hybridized carbons (Fsp3) is 0.0714. The summed E-state index contributed by atoms with van der Waals surface area (Å²) in [5.41, 5.74) is 1.83. The first-order chi connectivity index (χ1) is 10.2. The number of benzene rings is 2. The molecule has 1 heterocycles. The molecule has 0 saturated carbocycles. The van der Waals surface area contributed by atoms with Crippen LogP contribution >= 0.6 is 27.5 Å². The van der Waals surface area contributed by atoms with Crippen LogP contribution in [0.3, 0.4) is 0 Å². The molecule has 0 aliphatic carbocycles. The van der Waals surface area contributed by atoms with Gasteiger partial charge in [0, 0.05) is 5.56 Å². The van der Waals surface area contributed by atoms with Crippen LogP contribution in [0.4, 0.5) is 0 Å². The maximum Gasteiger partial charge on any atom is 0.204 e. The molecule has 3 aromatic rings. The number of hydrogen-bond acceptors (Lipinski definition) is 4. The number of nitrogens with one attached hydrogen (secondary N) is 1. The Balaban J connectivity index is 1.83. The zero-order valence-electron chi connectivity index (χ0n) is 10.8. The number of aromatic nitrogens is 4. The third kappa shape index (κ3) is 3.22. The van der Waals surface area contributed by atoms with Crippen LogP contribution < -0.4 is 4.74 Å². The highest BCUT2D eigenvalue weighted by atomic mass is 79.9. The molecule has 2 aromatic carbocycles. The van der Waals surface area contributed by atoms with Crippen molar-refractivity contribution in [1.82, 2.24) is 20.6 Å². The smallest absolute Gasteiger partial charge is 0.204 e. The average Bonchev–Trinajstić information content (AvgIpc) is 3.01. The summed E-state index contributed by atoms with van der Waals surface area (Å²) in [4.78, 5) is 0. The largest absolute Gasteiger partial charge is 0.486 e. The third-order valence-electron chi connectivity index (χ3n) is 2.83. The summed E-state index contributed by atoms with van der Waals surface area (Å²) in [6.07, 6.45) is 0. The van der Waals surface area contributed by atoms with Crippen molar-refractivity contribution >= 4 is 27.5 Å². The predicted octanol–water partition coefficient (Wildman–Crippen LogP) is 3.86. The van der Waals surface area contributed by atoms with Gasteiger partial charge in [-0.3, -0.25) is 0 Å². The molecular formula is C14H10BrClN4O. The summed E-state index contributed by atoms with van der Waals surface area (Å²) in [6, 6.07) is 13.5. The van der Waals surface area contributed by atoms with Gasteiger partial charge < -0.3 is 4.74 Å². The Labute approximate surface area is 134 Å². The van der Waals surface area contributed by atoms with E-state index in [0.717, 1.165) is 15.6 Å². The lowest BCUT2D eigenvalue weighted by Crippen LogP contribution is -1.97. The number of ether oxygens (including phenoxy) is 1. The van der Waals surface area contributed by atoms with Crippen LogP contribution in [0.1, 0.15) is 5.56 Å². The predicted molar refractivity (Wildman–Crippen MR) is 83.1 cm³/mol. The van der Waals surface area contributed by atoms with Crippen LogP contribution in [0.2, 0.25) is 5.02 Å². The Bertz CT molecular complexity index is 711. The van der Waals surface area contributed by atoms with E-state index in [1.165, 1.54) is 0 Å². The molecule has 0 aliphatic heterocycles. The van der Waals surface area contributed by atoms with E-state index in [1.54, 1.807) is 6.07 Å². The van der Waals surface area contributed by atoms with Gasteiger partial charge >= 0.3 is 0 Å². The molecule has 5 nitrogen and oxygen atoms in total. The number of tetrazole rings is 1. The van der Waals surface area contributed by atoms with Crippen LogP contribution in [-0.2, 0) is 6.61 Å². The van der Waals surface area contributed by atoms with Gasteiger partial charge in [-0.05, 0) is 38.8 Å². The van der Waals surface area contributed by atoms with Crippen molar-refractivity contribution in [1.29, 1.82) is 0 Å². The molecule has 0 spiro atoms. The molecule has 0 saturated heterocycles. The molecule has 1 aromatic heterocycles. The van der Waals surface area contributed by atoms with Crippen molar-refractivity contribution in [2.75, 3.05) is 0 Å². The van der Waals surface area contributed by atoms with Crippen molar-refractivity contribution < 1.29 is 4.74 Å². The molecule has 0 atom stereocenters. The van der Waals surface area contributed by atoms with E-state index in [4.69, 9.17) is 16.3 Å². The molecule has 0 aliphatic rings. The molecule has 21 heavy (non-hydrogen) atoms. The quantitative estimate of drug-likeness (QED) is 0.762. The van der Waals surface area contributed by atoms with E-state index in [1.807, 2.05) is 36.4 Å². The van der Waals surface area contributed by atoms with Gasteiger partial charge in [-0.1, -0.05) is 41.9 Å². The van der Waals surface area contributed by atoms with Crippen molar-refractivity contribution in [3.05, 3.63) is 57.5 Å². The van der Waals surface area contributed by atoms with Gasteiger partial charge in [0.2, 0.25) is 5.82 Å². The maximum atomic E-state index is 6.28. The Morgan fingerprint density at radius 2 is 2.00 bits per heavy atom. The molecule has 3 rings (SSSR count). The lowest BCUT2D eigenvalue weighted by molar-refractivity contribution is 0.304. The Kier molecular flexibility index (Phi) is 4.17. The van der Waals surface area contributed by atoms with Gasteiger partial charge in [0.15, 0.2) is 5.75 Å². The van der Waals surface area contributed by atoms with Gasteiger partial charge in [-0.25, -0.2) is 0 Å². The van der Waals surface area contributed by atoms with Gasteiger partial charge in [0.05, 0.1) is 9.50 Å². The number of rotatable bonds is 4. The minimum atomic E-state index is 0.445. The van der Waals surface area contributed by atoms with Crippen molar-refractivity contribution in [3.63, 3.8) is 0 Å². The van der Waals surface area contributed by atoms with Crippen LogP contribution in [-0.4, -0.2) is 20.6 Å². The van der Waals surface area contributed by atoms with E-state index in [-0.39, 0.29) is 0 Å². The summed E-state index contributed by atoms with van der Waals surface area (Å²) in [7, 11) is 0. The SMILES string of the molecule is Clc1cc(-c2nn[nH]n2)cc(Br)c1OCc1ccccc1. The van der Waals surface area contributed by atoms with E-state index >= 15 is 0 Å². The van der Waals surface area contributed by atoms with Gasteiger partial charge in [0.1, 0.15) is 6.61 Å². The molecule has 0 amide bonds. The van der Waals surface area contributed by atoms with Crippen molar-refractivity contribution in [3.8, 4) is 17.1 Å². The van der Waals surface area contributed by atoms with Gasteiger partial charge in [0.25, 0.3) is 0 Å². The highest BCUT2D eigenvalue weighted by molar-refractivity contribution is 9.10. The first kappa shape index (κ1) is 14.0. The van der Waals surface area contributed by atoms with Crippen molar-refractivity contribution in [2.24, 2.45) is 0 Å². The Hall–Kier alpha value is -1.92. The molecular weight excluding hydrogens is 356 g/mol. The summed E-state index contributed by atoms with van der Waals surface area (Å²) in [5, 5.41) is 14.3. The topological polar surface area (TPSA) is 63.7 Å². The summed E-state index contributed by atoms with van der Waals surface area (Å²) < 4.78 is 6.52. The second kappa shape index (κ2) is 6.24. The minimum absolute atomic E-state index is 0.445. The highest BCUT2D eigenvalue weighted by Gasteiger charge is 2.13. The minimum Gasteiger partial charge on any atom is -0.486 e. The maximum absolute atomic E-state index is 6.28. The van der Waals surface area contributed by atoms with Crippen molar-refractivity contribution in [2.45, 2.75) is 6.61 Å². The molecule has 7 heteroatoms. The molecule has 0 unspecified atom stereocenters. The van der Waals surface area contributed by atoms with Gasteiger partial charge in [-0.15, -0.1) is 10.2 Å². The van der Waals surface area contributed by atoms with Crippen LogP contribution in [0.25, 0.3) is 11.4 Å². The van der Waals surface area contributed by atoms with Gasteiger partial charge in [-0.2, -0.15) is 5.21 Å². The van der Waals surface area contributed by atoms with E-state index < -0.39 is 0 Å². The van der Waals surface area contributed by atoms with E-state index in [0.29, 0.717) is 23.2 Å². The summed E-state index contributed by atoms with van der Waals surface area (Å²) in [6.45, 7) is 0.445. The first-order valence-corrected chi connectivity index (χ1v) is 7.31. The third-order valence-corrected chi connectivity index (χ3v) is 3.70. The lowest BCUT2D eigenvalue weighted by atomic mass is 10.2. The fourth-order valence-electron chi connectivity index (χ4n) is 1.84. The number of nitrogens with zero attached hydrogens (tertiary/aromatic N) is 3. The van der Waals surface area contributed by atoms with E-state index in [9.17, 15) is 0 Å². The molecule has 106 valence electrons. The fourth-order valence-corrected chi connectivity index (χ4v) is 2.80. The number of halogens is 2. The second-order valence-corrected chi connectivity index (χ2v) is 5.54. The monoisotopic (exact) mass is 364 g/mol. The highest BCUT2D eigenvalue weighted by Crippen LogP contribution is 2.37. The molecule has 0 fully saturated rings. The van der Waals surface area contributed by atoms with Crippen LogP contribution in [0.5, 0.6) is 5.75 Å². The molecule has 0 bridgehead atoms. The number of hydrogen-bond donors (Lipinski definition) is 1. The number of aromatic amines is 1. The zero-order chi connectivity index (χ0) is 14.7. The zero-order valence-corrected chi connectivity index (χ0v) is 13.1. The molecule has 1 N–H and O–H groups in total. The van der Waals surface area contributed by atoms with E-state index in [2.05, 4.69) is 36.6 Å². The first-order valence-electron chi connectivity index (χ1n) is 6.13. The number of H-pyrrole nitrogens is 1. The standard InChI is InChI=1S/C14H10BrClN4O/c15-11-6-10(14-17-19-20-18-14)7-12(16)13(11)21-8-9-4-2-1-3-5-9/h1-7H,8H2,(H,17,18,19,20). The normalized spacial score (nSPS) is 10.6. The summed E-state index contributed by atoms with van der Waals surface area (Å²) in [5.74, 6) is 1.07. The Morgan fingerprint density at radius 3 is 2.67 bits per heavy atom. The van der Waals surface area contributed by atoms with Crippen LogP contribution in [0, 0.1) is 0 Å². The van der Waals surface area contributed by atoms with Crippen LogP contribution in [0.15, 0.2) is 46.9 Å². The summed E-state index contributed by atoms with van der Waals surface area (Å²) >= 11 is 9.74.